The van der Waals surface area contributed by atoms with Crippen LogP contribution in [0.3, 0.4) is 0 Å². The summed E-state index contributed by atoms with van der Waals surface area (Å²) in [7, 11) is 4.57. The largest absolute Gasteiger partial charge is 0.493 e. The molecule has 9 nitrogen and oxygen atoms in total. The predicted molar refractivity (Wildman–Crippen MR) is 140 cm³/mol. The smallest absolute Gasteiger partial charge is 0.337 e. The Morgan fingerprint density at radius 2 is 1.58 bits per heavy atom. The number of pyridine rings is 1. The van der Waals surface area contributed by atoms with Gasteiger partial charge in [0.1, 0.15) is 11.4 Å². The van der Waals surface area contributed by atoms with Gasteiger partial charge in [-0.2, -0.15) is 0 Å². The Labute approximate surface area is 219 Å². The molecular formula is C29H26N2O7. The van der Waals surface area contributed by atoms with Crippen molar-refractivity contribution in [2.24, 2.45) is 0 Å². The van der Waals surface area contributed by atoms with E-state index in [2.05, 4.69) is 4.98 Å². The molecule has 194 valence electrons. The molecule has 0 saturated heterocycles. The van der Waals surface area contributed by atoms with Gasteiger partial charge in [0.2, 0.25) is 5.78 Å². The number of methoxy groups -OCH3 is 2. The van der Waals surface area contributed by atoms with Crippen molar-refractivity contribution >= 4 is 28.4 Å². The Balaban J connectivity index is 1.58. The SMILES string of the molecule is COc1cc2c(C(=O)O)cnc(C(=O)c3cccc(OCC(=O)N(C)Cc4ccccc4)c3)c2cc1OC. The highest BCUT2D eigenvalue weighted by molar-refractivity contribution is 6.18. The zero-order valence-corrected chi connectivity index (χ0v) is 21.1. The Morgan fingerprint density at radius 3 is 2.24 bits per heavy atom. The van der Waals surface area contributed by atoms with Crippen LogP contribution in [0, 0.1) is 0 Å². The monoisotopic (exact) mass is 514 g/mol. The van der Waals surface area contributed by atoms with Crippen molar-refractivity contribution in [3.8, 4) is 17.2 Å². The summed E-state index contributed by atoms with van der Waals surface area (Å²) in [6.45, 7) is 0.243. The first-order valence-corrected chi connectivity index (χ1v) is 11.7. The summed E-state index contributed by atoms with van der Waals surface area (Å²) in [4.78, 5) is 43.6. The fourth-order valence-electron chi connectivity index (χ4n) is 3.98. The molecule has 4 aromatic rings. The second-order valence-corrected chi connectivity index (χ2v) is 8.46. The van der Waals surface area contributed by atoms with Gasteiger partial charge in [-0.15, -0.1) is 0 Å². The number of ether oxygens (including phenoxy) is 3. The van der Waals surface area contributed by atoms with Gasteiger partial charge in [0, 0.05) is 36.1 Å². The zero-order chi connectivity index (χ0) is 27.2. The van der Waals surface area contributed by atoms with E-state index in [9.17, 15) is 19.5 Å². The highest BCUT2D eigenvalue weighted by Gasteiger charge is 2.22. The molecule has 1 N–H and O–H groups in total. The van der Waals surface area contributed by atoms with E-state index in [0.29, 0.717) is 29.2 Å². The Hall–Kier alpha value is -4.92. The van der Waals surface area contributed by atoms with Crippen molar-refractivity contribution < 1.29 is 33.7 Å². The van der Waals surface area contributed by atoms with E-state index < -0.39 is 11.8 Å². The molecular weight excluding hydrogens is 488 g/mol. The summed E-state index contributed by atoms with van der Waals surface area (Å²) >= 11 is 0. The minimum Gasteiger partial charge on any atom is -0.493 e. The minimum atomic E-state index is -1.19. The lowest BCUT2D eigenvalue weighted by Gasteiger charge is -2.17. The van der Waals surface area contributed by atoms with Gasteiger partial charge < -0.3 is 24.2 Å². The number of rotatable bonds is 10. The maximum atomic E-state index is 13.5. The van der Waals surface area contributed by atoms with Crippen LogP contribution in [-0.4, -0.2) is 60.5 Å². The molecule has 38 heavy (non-hydrogen) atoms. The number of benzene rings is 3. The molecule has 0 aliphatic carbocycles. The molecule has 0 spiro atoms. The number of hydrogen-bond donors (Lipinski definition) is 1. The van der Waals surface area contributed by atoms with Gasteiger partial charge in [0.25, 0.3) is 5.91 Å². The van der Waals surface area contributed by atoms with E-state index in [1.807, 2.05) is 30.3 Å². The van der Waals surface area contributed by atoms with Crippen molar-refractivity contribution in [3.05, 3.63) is 95.3 Å². The van der Waals surface area contributed by atoms with E-state index >= 15 is 0 Å². The Kier molecular flexibility index (Phi) is 7.86. The first-order valence-electron chi connectivity index (χ1n) is 11.7. The van der Waals surface area contributed by atoms with Crippen LogP contribution in [0.15, 0.2) is 72.9 Å². The quantitative estimate of drug-likeness (QED) is 0.313. The molecule has 9 heteroatoms. The number of fused-ring (bicyclic) bond motifs is 1. The van der Waals surface area contributed by atoms with Crippen LogP contribution in [-0.2, 0) is 11.3 Å². The predicted octanol–water partition coefficient (Wildman–Crippen LogP) is 4.22. The average molecular weight is 515 g/mol. The van der Waals surface area contributed by atoms with E-state index in [0.717, 1.165) is 11.8 Å². The topological polar surface area (TPSA) is 115 Å². The summed E-state index contributed by atoms with van der Waals surface area (Å²) in [6, 6.07) is 19.0. The highest BCUT2D eigenvalue weighted by Crippen LogP contribution is 2.35. The molecule has 0 unspecified atom stereocenters. The number of aromatic nitrogens is 1. The third-order valence-electron chi connectivity index (χ3n) is 5.98. The molecule has 0 aliphatic rings. The Morgan fingerprint density at radius 1 is 0.895 bits per heavy atom. The van der Waals surface area contributed by atoms with Crippen LogP contribution in [0.4, 0.5) is 0 Å². The molecule has 0 saturated carbocycles. The van der Waals surface area contributed by atoms with Gasteiger partial charge in [-0.25, -0.2) is 4.79 Å². The summed E-state index contributed by atoms with van der Waals surface area (Å²) in [5.74, 6) is -0.868. The zero-order valence-electron chi connectivity index (χ0n) is 21.1. The van der Waals surface area contributed by atoms with Gasteiger partial charge >= 0.3 is 5.97 Å². The van der Waals surface area contributed by atoms with Crippen LogP contribution in [0.25, 0.3) is 10.8 Å². The van der Waals surface area contributed by atoms with E-state index in [4.69, 9.17) is 14.2 Å². The van der Waals surface area contributed by atoms with E-state index in [1.54, 1.807) is 30.1 Å². The molecule has 1 heterocycles. The van der Waals surface area contributed by atoms with Crippen LogP contribution in [0.2, 0.25) is 0 Å². The van der Waals surface area contributed by atoms with Crippen molar-refractivity contribution in [2.75, 3.05) is 27.9 Å². The lowest BCUT2D eigenvalue weighted by Crippen LogP contribution is -2.30. The maximum absolute atomic E-state index is 13.5. The van der Waals surface area contributed by atoms with Gasteiger partial charge in [0.05, 0.1) is 19.8 Å². The second kappa shape index (κ2) is 11.4. The van der Waals surface area contributed by atoms with Gasteiger partial charge in [-0.1, -0.05) is 42.5 Å². The van der Waals surface area contributed by atoms with Gasteiger partial charge in [-0.3, -0.25) is 14.6 Å². The number of likely N-dealkylation sites (N-methyl/N-ethyl adjacent to an activating group) is 1. The summed E-state index contributed by atoms with van der Waals surface area (Å²) in [5, 5.41) is 10.2. The normalized spacial score (nSPS) is 10.6. The van der Waals surface area contributed by atoms with Crippen molar-refractivity contribution in [1.29, 1.82) is 0 Å². The van der Waals surface area contributed by atoms with Gasteiger partial charge in [-0.05, 0) is 29.8 Å². The third-order valence-corrected chi connectivity index (χ3v) is 5.98. The highest BCUT2D eigenvalue weighted by atomic mass is 16.5. The maximum Gasteiger partial charge on any atom is 0.337 e. The molecule has 0 atom stereocenters. The summed E-state index contributed by atoms with van der Waals surface area (Å²) in [6.07, 6.45) is 1.14. The van der Waals surface area contributed by atoms with E-state index in [-0.39, 0.29) is 34.7 Å². The van der Waals surface area contributed by atoms with Crippen LogP contribution in [0.5, 0.6) is 17.2 Å². The van der Waals surface area contributed by atoms with Crippen molar-refractivity contribution in [3.63, 3.8) is 0 Å². The molecule has 0 bridgehead atoms. The molecule has 0 aliphatic heterocycles. The number of carboxylic acid groups (broad SMARTS) is 1. The first-order chi connectivity index (χ1) is 18.3. The summed E-state index contributed by atoms with van der Waals surface area (Å²) < 4.78 is 16.3. The number of carbonyl (C=O) groups is 3. The summed E-state index contributed by atoms with van der Waals surface area (Å²) in [5.41, 5.74) is 1.23. The minimum absolute atomic E-state index is 0.0433. The number of ketones is 1. The molecule has 0 fully saturated rings. The van der Waals surface area contributed by atoms with Crippen molar-refractivity contribution in [1.82, 2.24) is 9.88 Å². The van der Waals surface area contributed by atoms with Crippen LogP contribution >= 0.6 is 0 Å². The number of aromatic carboxylic acids is 1. The number of carbonyl (C=O) groups excluding carboxylic acids is 2. The van der Waals surface area contributed by atoms with E-state index in [1.165, 1.54) is 32.4 Å². The first kappa shape index (κ1) is 26.2. The van der Waals surface area contributed by atoms with Crippen molar-refractivity contribution in [2.45, 2.75) is 6.54 Å². The number of hydrogen-bond acceptors (Lipinski definition) is 7. The number of carboxylic acids is 1. The standard InChI is InChI=1S/C29H26N2O7/c1-31(16-18-8-5-4-6-9-18)26(32)17-38-20-11-7-10-19(12-20)28(33)27-22-14-25(37-3)24(36-2)13-21(22)23(15-30-27)29(34)35/h4-15H,16-17H2,1-3H3,(H,34,35). The average Bonchev–Trinajstić information content (AvgIpc) is 2.94. The Bertz CT molecular complexity index is 1500. The lowest BCUT2D eigenvalue weighted by molar-refractivity contribution is -0.132. The fraction of sp³-hybridized carbons (Fsp3) is 0.172. The molecule has 1 amide bonds. The fourth-order valence-corrected chi connectivity index (χ4v) is 3.98. The molecule has 1 aromatic heterocycles. The third kappa shape index (κ3) is 5.57. The number of amides is 1. The lowest BCUT2D eigenvalue weighted by atomic mass is 9.99. The number of nitrogens with zero attached hydrogens (tertiary/aromatic N) is 2. The second-order valence-electron chi connectivity index (χ2n) is 8.46. The molecule has 0 radical (unpaired) electrons. The van der Waals surface area contributed by atoms with Crippen LogP contribution < -0.4 is 14.2 Å². The molecule has 4 rings (SSSR count). The van der Waals surface area contributed by atoms with Gasteiger partial charge in [0.15, 0.2) is 18.1 Å². The molecule has 3 aromatic carbocycles. The van der Waals surface area contributed by atoms with Crippen LogP contribution in [0.1, 0.15) is 32.0 Å².